The third kappa shape index (κ3) is 4.58. The molecule has 0 unspecified atom stereocenters. The summed E-state index contributed by atoms with van der Waals surface area (Å²) < 4.78 is 13.1. The maximum atomic E-state index is 12.0. The van der Waals surface area contributed by atoms with Gasteiger partial charge >= 0.3 is 0 Å². The molecular weight excluding hydrogens is 306 g/mol. The molecule has 1 aliphatic heterocycles. The molecule has 0 saturated carbocycles. The van der Waals surface area contributed by atoms with Gasteiger partial charge in [0.15, 0.2) is 6.61 Å². The van der Waals surface area contributed by atoms with Gasteiger partial charge in [0.1, 0.15) is 5.75 Å². The van der Waals surface area contributed by atoms with Gasteiger partial charge in [0, 0.05) is 12.8 Å². The SMILES string of the molecule is Cc1ccccc1OCC(=O)Nc1cnn(C[C@H]2CCCCO2)c1. The number of nitrogens with one attached hydrogen (secondary N) is 1. The second-order valence-electron chi connectivity index (χ2n) is 6.04. The molecule has 6 nitrogen and oxygen atoms in total. The Labute approximate surface area is 141 Å². The highest BCUT2D eigenvalue weighted by Crippen LogP contribution is 2.17. The summed E-state index contributed by atoms with van der Waals surface area (Å²) in [6.45, 7) is 3.47. The minimum absolute atomic E-state index is 0.0260. The first-order valence-corrected chi connectivity index (χ1v) is 8.33. The van der Waals surface area contributed by atoms with Crippen molar-refractivity contribution < 1.29 is 14.3 Å². The number of hydrogen-bond acceptors (Lipinski definition) is 4. The predicted molar refractivity (Wildman–Crippen MR) is 91.1 cm³/mol. The van der Waals surface area contributed by atoms with Crippen LogP contribution in [0, 0.1) is 6.92 Å². The molecule has 1 N–H and O–H groups in total. The fraction of sp³-hybridized carbons (Fsp3) is 0.444. The van der Waals surface area contributed by atoms with Crippen molar-refractivity contribution >= 4 is 11.6 Å². The molecule has 1 aromatic carbocycles. The van der Waals surface area contributed by atoms with E-state index in [1.54, 1.807) is 6.20 Å². The first-order chi connectivity index (χ1) is 11.7. The summed E-state index contributed by atoms with van der Waals surface area (Å²) in [6, 6.07) is 7.62. The molecule has 2 heterocycles. The molecule has 1 amide bonds. The number of aryl methyl sites for hydroxylation is 1. The molecule has 1 saturated heterocycles. The lowest BCUT2D eigenvalue weighted by Gasteiger charge is -2.22. The zero-order valence-electron chi connectivity index (χ0n) is 13.9. The topological polar surface area (TPSA) is 65.4 Å². The quantitative estimate of drug-likeness (QED) is 0.885. The normalized spacial score (nSPS) is 17.5. The molecule has 1 atom stereocenters. The van der Waals surface area contributed by atoms with Crippen LogP contribution in [0.25, 0.3) is 0 Å². The Morgan fingerprint density at radius 3 is 3.08 bits per heavy atom. The van der Waals surface area contributed by atoms with Crippen molar-refractivity contribution in [1.82, 2.24) is 9.78 Å². The summed E-state index contributed by atoms with van der Waals surface area (Å²) in [7, 11) is 0. The third-order valence-electron chi connectivity index (χ3n) is 4.03. The number of anilines is 1. The van der Waals surface area contributed by atoms with Gasteiger partial charge in [-0.05, 0) is 37.8 Å². The van der Waals surface area contributed by atoms with Crippen LogP contribution in [0.4, 0.5) is 5.69 Å². The van der Waals surface area contributed by atoms with Crippen molar-refractivity contribution in [3.05, 3.63) is 42.2 Å². The van der Waals surface area contributed by atoms with Crippen LogP contribution in [0.2, 0.25) is 0 Å². The molecule has 6 heteroatoms. The lowest BCUT2D eigenvalue weighted by Crippen LogP contribution is -2.24. The standard InChI is InChI=1S/C18H23N3O3/c1-14-6-2-3-8-17(14)24-13-18(22)20-15-10-19-21(11-15)12-16-7-4-5-9-23-16/h2-3,6,8,10-11,16H,4-5,7,9,12-13H2,1H3,(H,20,22)/t16-/m1/s1. The van der Waals surface area contributed by atoms with E-state index in [4.69, 9.17) is 9.47 Å². The van der Waals surface area contributed by atoms with Crippen molar-refractivity contribution in [1.29, 1.82) is 0 Å². The van der Waals surface area contributed by atoms with Gasteiger partial charge in [0.25, 0.3) is 5.91 Å². The summed E-state index contributed by atoms with van der Waals surface area (Å²) in [4.78, 5) is 12.0. The van der Waals surface area contributed by atoms with E-state index in [9.17, 15) is 4.79 Å². The van der Waals surface area contributed by atoms with Gasteiger partial charge in [-0.3, -0.25) is 9.48 Å². The number of carbonyl (C=O) groups is 1. The highest BCUT2D eigenvalue weighted by Gasteiger charge is 2.15. The molecule has 0 aliphatic carbocycles. The number of hydrogen-bond donors (Lipinski definition) is 1. The summed E-state index contributed by atoms with van der Waals surface area (Å²) in [5, 5.41) is 7.08. The van der Waals surface area contributed by atoms with Crippen molar-refractivity contribution in [2.45, 2.75) is 38.8 Å². The van der Waals surface area contributed by atoms with Crippen LogP contribution >= 0.6 is 0 Å². The minimum Gasteiger partial charge on any atom is -0.483 e. The molecule has 128 valence electrons. The summed E-state index contributed by atoms with van der Waals surface area (Å²) >= 11 is 0. The Hall–Kier alpha value is -2.34. The Morgan fingerprint density at radius 2 is 2.29 bits per heavy atom. The zero-order valence-corrected chi connectivity index (χ0v) is 13.9. The van der Waals surface area contributed by atoms with Crippen LogP contribution in [0.5, 0.6) is 5.75 Å². The molecule has 0 spiro atoms. The smallest absolute Gasteiger partial charge is 0.262 e. The Balaban J connectivity index is 1.47. The number of para-hydroxylation sites is 1. The van der Waals surface area contributed by atoms with Crippen LogP contribution in [0.1, 0.15) is 24.8 Å². The predicted octanol–water partition coefficient (Wildman–Crippen LogP) is 2.78. The molecule has 24 heavy (non-hydrogen) atoms. The van der Waals surface area contributed by atoms with E-state index in [0.29, 0.717) is 5.69 Å². The fourth-order valence-corrected chi connectivity index (χ4v) is 2.75. The number of aromatic nitrogens is 2. The van der Waals surface area contributed by atoms with Crippen molar-refractivity contribution in [2.24, 2.45) is 0 Å². The average Bonchev–Trinajstić information content (AvgIpc) is 3.02. The molecule has 1 aliphatic rings. The van der Waals surface area contributed by atoms with E-state index in [2.05, 4.69) is 10.4 Å². The molecule has 0 bridgehead atoms. The summed E-state index contributed by atoms with van der Waals surface area (Å²) in [5.74, 6) is 0.518. The van der Waals surface area contributed by atoms with Crippen molar-refractivity contribution in [3.8, 4) is 5.75 Å². The largest absolute Gasteiger partial charge is 0.483 e. The first-order valence-electron chi connectivity index (χ1n) is 8.33. The van der Waals surface area contributed by atoms with Gasteiger partial charge in [0.2, 0.25) is 0 Å². The van der Waals surface area contributed by atoms with Crippen LogP contribution in [0.15, 0.2) is 36.7 Å². The van der Waals surface area contributed by atoms with Gasteiger partial charge in [-0.1, -0.05) is 18.2 Å². The van der Waals surface area contributed by atoms with Gasteiger partial charge in [-0.25, -0.2) is 0 Å². The first kappa shape index (κ1) is 16.5. The van der Waals surface area contributed by atoms with Crippen molar-refractivity contribution in [3.63, 3.8) is 0 Å². The molecule has 1 aromatic heterocycles. The second-order valence-corrected chi connectivity index (χ2v) is 6.04. The van der Waals surface area contributed by atoms with Crippen LogP contribution in [-0.4, -0.2) is 35.0 Å². The van der Waals surface area contributed by atoms with E-state index < -0.39 is 0 Å². The highest BCUT2D eigenvalue weighted by atomic mass is 16.5. The number of amides is 1. The zero-order chi connectivity index (χ0) is 16.8. The fourth-order valence-electron chi connectivity index (χ4n) is 2.75. The average molecular weight is 329 g/mol. The maximum Gasteiger partial charge on any atom is 0.262 e. The molecular formula is C18H23N3O3. The molecule has 3 rings (SSSR count). The monoisotopic (exact) mass is 329 g/mol. The van der Waals surface area contributed by atoms with Gasteiger partial charge < -0.3 is 14.8 Å². The van der Waals surface area contributed by atoms with Gasteiger partial charge in [-0.15, -0.1) is 0 Å². The van der Waals surface area contributed by atoms with Crippen LogP contribution < -0.4 is 10.1 Å². The minimum atomic E-state index is -0.202. The summed E-state index contributed by atoms with van der Waals surface area (Å²) in [5.41, 5.74) is 1.68. The van der Waals surface area contributed by atoms with Gasteiger partial charge in [-0.2, -0.15) is 5.10 Å². The van der Waals surface area contributed by atoms with E-state index in [1.807, 2.05) is 42.1 Å². The van der Waals surface area contributed by atoms with E-state index in [-0.39, 0.29) is 18.6 Å². The maximum absolute atomic E-state index is 12.0. The Morgan fingerprint density at radius 1 is 1.42 bits per heavy atom. The molecule has 2 aromatic rings. The Kier molecular flexibility index (Phi) is 5.48. The highest BCUT2D eigenvalue weighted by molar-refractivity contribution is 5.91. The Bertz CT molecular complexity index is 678. The number of benzene rings is 1. The molecule has 0 radical (unpaired) electrons. The van der Waals surface area contributed by atoms with E-state index >= 15 is 0 Å². The van der Waals surface area contributed by atoms with Crippen LogP contribution in [0.3, 0.4) is 0 Å². The molecule has 1 fully saturated rings. The second kappa shape index (κ2) is 7.97. The third-order valence-corrected chi connectivity index (χ3v) is 4.03. The van der Waals surface area contributed by atoms with Crippen LogP contribution in [-0.2, 0) is 16.1 Å². The van der Waals surface area contributed by atoms with Crippen molar-refractivity contribution in [2.75, 3.05) is 18.5 Å². The lowest BCUT2D eigenvalue weighted by molar-refractivity contribution is -0.118. The number of nitrogens with zero attached hydrogens (tertiary/aromatic N) is 2. The number of rotatable bonds is 6. The number of carbonyl (C=O) groups excluding carboxylic acids is 1. The summed E-state index contributed by atoms with van der Waals surface area (Å²) in [6.07, 6.45) is 7.08. The van der Waals surface area contributed by atoms with Gasteiger partial charge in [0.05, 0.1) is 24.5 Å². The van der Waals surface area contributed by atoms with E-state index in [1.165, 1.54) is 6.42 Å². The van der Waals surface area contributed by atoms with E-state index in [0.717, 1.165) is 37.3 Å². The number of ether oxygens (including phenoxy) is 2. The lowest BCUT2D eigenvalue weighted by atomic mass is 10.1.